The third-order valence-corrected chi connectivity index (χ3v) is 4.01. The molecule has 1 amide bonds. The van der Waals surface area contributed by atoms with E-state index in [0.717, 1.165) is 26.2 Å². The molecule has 1 aliphatic rings. The fourth-order valence-corrected chi connectivity index (χ4v) is 2.78. The molecule has 2 N–H and O–H groups in total. The lowest BCUT2D eigenvalue weighted by molar-refractivity contribution is 0.102. The SMILES string of the molecule is COc1ccccc1C(=O)Nc1ccc(N2CCNCC2)c(F)c1. The summed E-state index contributed by atoms with van der Waals surface area (Å²) in [7, 11) is 1.51. The van der Waals surface area contributed by atoms with E-state index in [1.165, 1.54) is 13.2 Å². The summed E-state index contributed by atoms with van der Waals surface area (Å²) >= 11 is 0. The number of hydrogen-bond acceptors (Lipinski definition) is 4. The van der Waals surface area contributed by atoms with Crippen LogP contribution in [-0.2, 0) is 0 Å². The van der Waals surface area contributed by atoms with E-state index >= 15 is 0 Å². The number of carbonyl (C=O) groups is 1. The number of anilines is 2. The van der Waals surface area contributed by atoms with E-state index in [-0.39, 0.29) is 11.7 Å². The van der Waals surface area contributed by atoms with Gasteiger partial charge in [0.05, 0.1) is 18.4 Å². The van der Waals surface area contributed by atoms with Crippen LogP contribution in [0.15, 0.2) is 42.5 Å². The summed E-state index contributed by atoms with van der Waals surface area (Å²) in [5.74, 6) is -0.190. The van der Waals surface area contributed by atoms with Gasteiger partial charge < -0.3 is 20.3 Å². The number of carbonyl (C=O) groups excluding carboxylic acids is 1. The Morgan fingerprint density at radius 2 is 1.96 bits per heavy atom. The Hall–Kier alpha value is -2.60. The minimum atomic E-state index is -0.338. The topological polar surface area (TPSA) is 53.6 Å². The molecule has 24 heavy (non-hydrogen) atoms. The zero-order chi connectivity index (χ0) is 16.9. The second-order valence-electron chi connectivity index (χ2n) is 5.56. The van der Waals surface area contributed by atoms with Crippen molar-refractivity contribution in [2.75, 3.05) is 43.5 Å². The molecular weight excluding hydrogens is 309 g/mol. The molecular formula is C18H20FN3O2. The van der Waals surface area contributed by atoms with Gasteiger partial charge in [-0.2, -0.15) is 0 Å². The van der Waals surface area contributed by atoms with E-state index in [1.807, 2.05) is 4.90 Å². The average Bonchev–Trinajstić information content (AvgIpc) is 2.62. The van der Waals surface area contributed by atoms with Gasteiger partial charge in [-0.1, -0.05) is 12.1 Å². The van der Waals surface area contributed by atoms with E-state index in [1.54, 1.807) is 36.4 Å². The molecule has 0 aliphatic carbocycles. The van der Waals surface area contributed by atoms with Gasteiger partial charge in [0.2, 0.25) is 0 Å². The first-order chi connectivity index (χ1) is 11.7. The maximum absolute atomic E-state index is 14.4. The molecule has 0 spiro atoms. The van der Waals surface area contributed by atoms with Crippen molar-refractivity contribution in [3.63, 3.8) is 0 Å². The molecule has 0 atom stereocenters. The van der Waals surface area contributed by atoms with E-state index in [0.29, 0.717) is 22.7 Å². The van der Waals surface area contributed by atoms with E-state index < -0.39 is 0 Å². The van der Waals surface area contributed by atoms with Crippen molar-refractivity contribution >= 4 is 17.3 Å². The molecule has 0 radical (unpaired) electrons. The van der Waals surface area contributed by atoms with Crippen molar-refractivity contribution in [3.8, 4) is 5.75 Å². The van der Waals surface area contributed by atoms with Crippen molar-refractivity contribution in [2.24, 2.45) is 0 Å². The lowest BCUT2D eigenvalue weighted by atomic mass is 10.1. The summed E-state index contributed by atoms with van der Waals surface area (Å²) in [4.78, 5) is 14.4. The molecule has 1 fully saturated rings. The Morgan fingerprint density at radius 1 is 1.21 bits per heavy atom. The maximum atomic E-state index is 14.4. The van der Waals surface area contributed by atoms with Crippen molar-refractivity contribution in [3.05, 3.63) is 53.8 Å². The van der Waals surface area contributed by atoms with Gasteiger partial charge in [0.15, 0.2) is 0 Å². The highest BCUT2D eigenvalue weighted by Crippen LogP contribution is 2.24. The first-order valence-electron chi connectivity index (χ1n) is 7.88. The van der Waals surface area contributed by atoms with Crippen LogP contribution in [0, 0.1) is 5.82 Å². The summed E-state index contributed by atoms with van der Waals surface area (Å²) in [6, 6.07) is 11.7. The van der Waals surface area contributed by atoms with Gasteiger partial charge >= 0.3 is 0 Å². The lowest BCUT2D eigenvalue weighted by Gasteiger charge is -2.29. The summed E-state index contributed by atoms with van der Waals surface area (Å²) in [6.45, 7) is 3.21. The molecule has 0 aromatic heterocycles. The summed E-state index contributed by atoms with van der Waals surface area (Å²) in [6.07, 6.45) is 0. The summed E-state index contributed by atoms with van der Waals surface area (Å²) in [5.41, 5.74) is 1.39. The minimum Gasteiger partial charge on any atom is -0.496 e. The van der Waals surface area contributed by atoms with Gasteiger partial charge in [-0.3, -0.25) is 4.79 Å². The molecule has 0 bridgehead atoms. The molecule has 5 nitrogen and oxygen atoms in total. The monoisotopic (exact) mass is 329 g/mol. The van der Waals surface area contributed by atoms with Crippen LogP contribution in [0.4, 0.5) is 15.8 Å². The van der Waals surface area contributed by atoms with E-state index in [4.69, 9.17) is 4.74 Å². The van der Waals surface area contributed by atoms with Gasteiger partial charge in [-0.15, -0.1) is 0 Å². The van der Waals surface area contributed by atoms with Crippen molar-refractivity contribution in [1.82, 2.24) is 5.32 Å². The third kappa shape index (κ3) is 3.49. The first-order valence-corrected chi connectivity index (χ1v) is 7.88. The van der Waals surface area contributed by atoms with Crippen LogP contribution >= 0.6 is 0 Å². The second kappa shape index (κ2) is 7.31. The number of nitrogens with one attached hydrogen (secondary N) is 2. The molecule has 1 heterocycles. The molecule has 1 aliphatic heterocycles. The fourth-order valence-electron chi connectivity index (χ4n) is 2.78. The van der Waals surface area contributed by atoms with Crippen LogP contribution in [0.25, 0.3) is 0 Å². The number of para-hydroxylation sites is 1. The fraction of sp³-hybridized carbons (Fsp3) is 0.278. The average molecular weight is 329 g/mol. The first kappa shape index (κ1) is 16.3. The Labute approximate surface area is 140 Å². The molecule has 126 valence electrons. The number of nitrogens with zero attached hydrogens (tertiary/aromatic N) is 1. The van der Waals surface area contributed by atoms with Gasteiger partial charge in [-0.05, 0) is 30.3 Å². The second-order valence-corrected chi connectivity index (χ2v) is 5.56. The number of ether oxygens (including phenoxy) is 1. The number of amides is 1. The Kier molecular flexibility index (Phi) is 4.96. The van der Waals surface area contributed by atoms with Crippen LogP contribution in [0.1, 0.15) is 10.4 Å². The highest BCUT2D eigenvalue weighted by atomic mass is 19.1. The maximum Gasteiger partial charge on any atom is 0.259 e. The highest BCUT2D eigenvalue weighted by Gasteiger charge is 2.16. The van der Waals surface area contributed by atoms with Crippen molar-refractivity contribution in [1.29, 1.82) is 0 Å². The number of hydrogen-bond donors (Lipinski definition) is 2. The zero-order valence-corrected chi connectivity index (χ0v) is 13.5. The molecule has 3 rings (SSSR count). The van der Waals surface area contributed by atoms with Crippen LogP contribution < -0.4 is 20.3 Å². The molecule has 6 heteroatoms. The van der Waals surface area contributed by atoms with Crippen LogP contribution in [0.5, 0.6) is 5.75 Å². The molecule has 0 saturated carbocycles. The number of methoxy groups -OCH3 is 1. The van der Waals surface area contributed by atoms with Crippen LogP contribution in [0.3, 0.4) is 0 Å². The van der Waals surface area contributed by atoms with E-state index in [9.17, 15) is 9.18 Å². The van der Waals surface area contributed by atoms with Crippen LogP contribution in [0.2, 0.25) is 0 Å². The number of rotatable bonds is 4. The Bertz CT molecular complexity index is 730. The molecule has 2 aromatic rings. The molecule has 1 saturated heterocycles. The summed E-state index contributed by atoms with van der Waals surface area (Å²) in [5, 5.41) is 5.95. The van der Waals surface area contributed by atoms with E-state index in [2.05, 4.69) is 10.6 Å². The number of halogens is 1. The lowest BCUT2D eigenvalue weighted by Crippen LogP contribution is -2.43. The van der Waals surface area contributed by atoms with Crippen molar-refractivity contribution < 1.29 is 13.9 Å². The highest BCUT2D eigenvalue weighted by molar-refractivity contribution is 6.06. The van der Waals surface area contributed by atoms with Gasteiger partial charge in [-0.25, -0.2) is 4.39 Å². The minimum absolute atomic E-state index is 0.332. The van der Waals surface area contributed by atoms with Gasteiger partial charge in [0, 0.05) is 31.9 Å². The Balaban J connectivity index is 1.76. The Morgan fingerprint density at radius 3 is 2.67 bits per heavy atom. The molecule has 0 unspecified atom stereocenters. The predicted molar refractivity (Wildman–Crippen MR) is 92.4 cm³/mol. The van der Waals surface area contributed by atoms with Crippen molar-refractivity contribution in [2.45, 2.75) is 0 Å². The normalized spacial score (nSPS) is 14.3. The number of piperazine rings is 1. The van der Waals surface area contributed by atoms with Gasteiger partial charge in [0.1, 0.15) is 11.6 Å². The smallest absolute Gasteiger partial charge is 0.259 e. The number of benzene rings is 2. The quantitative estimate of drug-likeness (QED) is 0.905. The zero-order valence-electron chi connectivity index (χ0n) is 13.5. The standard InChI is InChI=1S/C18H20FN3O2/c1-24-17-5-3-2-4-14(17)18(23)21-13-6-7-16(15(19)12-13)22-10-8-20-9-11-22/h2-7,12,20H,8-11H2,1H3,(H,21,23). The summed E-state index contributed by atoms with van der Waals surface area (Å²) < 4.78 is 19.6. The largest absolute Gasteiger partial charge is 0.496 e. The van der Waals surface area contributed by atoms with Crippen LogP contribution in [-0.4, -0.2) is 39.2 Å². The third-order valence-electron chi connectivity index (χ3n) is 4.01. The predicted octanol–water partition coefficient (Wildman–Crippen LogP) is 2.50. The van der Waals surface area contributed by atoms with Gasteiger partial charge in [0.25, 0.3) is 5.91 Å². The molecule has 2 aromatic carbocycles.